The molecule has 0 radical (unpaired) electrons. The number of benzene rings is 1. The van der Waals surface area contributed by atoms with E-state index in [9.17, 15) is 12.8 Å². The van der Waals surface area contributed by atoms with Crippen LogP contribution in [0.4, 0.5) is 4.39 Å². The zero-order valence-corrected chi connectivity index (χ0v) is 12.9. The summed E-state index contributed by atoms with van der Waals surface area (Å²) in [7, 11) is -1.24. The molecule has 8 heteroatoms. The second-order valence-corrected chi connectivity index (χ2v) is 6.54. The van der Waals surface area contributed by atoms with Crippen LogP contribution in [-0.4, -0.2) is 52.7 Å². The predicted octanol–water partition coefficient (Wildman–Crippen LogP) is 1.25. The van der Waals surface area contributed by atoms with E-state index in [1.165, 1.54) is 18.5 Å². The van der Waals surface area contributed by atoms with Crippen molar-refractivity contribution in [2.24, 2.45) is 0 Å². The first-order valence-electron chi connectivity index (χ1n) is 6.43. The highest BCUT2D eigenvalue weighted by Gasteiger charge is 2.34. The summed E-state index contributed by atoms with van der Waals surface area (Å²) >= 11 is 0. The Morgan fingerprint density at radius 2 is 1.90 bits per heavy atom. The van der Waals surface area contributed by atoms with Crippen LogP contribution in [0.2, 0.25) is 0 Å². The number of hydrogen-bond acceptors (Lipinski definition) is 5. The molecule has 0 saturated carbocycles. The molecular weight excluding hydrogens is 301 g/mol. The summed E-state index contributed by atoms with van der Waals surface area (Å²) in [6, 6.07) is 1.80. The summed E-state index contributed by atoms with van der Waals surface area (Å²) in [6.07, 6.45) is 0. The maximum Gasteiger partial charge on any atom is 0.246 e. The molecule has 21 heavy (non-hydrogen) atoms. The number of methoxy groups -OCH3 is 2. The summed E-state index contributed by atoms with van der Waals surface area (Å²) in [5, 5.41) is 0. The molecule has 0 aliphatic carbocycles. The van der Waals surface area contributed by atoms with Gasteiger partial charge in [0, 0.05) is 24.7 Å². The average molecular weight is 319 g/mol. The van der Waals surface area contributed by atoms with Gasteiger partial charge in [0.05, 0.1) is 27.4 Å². The van der Waals surface area contributed by atoms with Gasteiger partial charge in [-0.2, -0.15) is 4.31 Å². The molecule has 6 nitrogen and oxygen atoms in total. The lowest BCUT2D eigenvalue weighted by Crippen LogP contribution is -2.47. The standard InChI is InChI=1S/C13H18FNO5S/c1-9-8-20-5-4-15(9)21(16,17)13-7-12(19-3)11(18-2)6-10(13)14/h6-7,9H,4-5,8H2,1-3H3/t9-/m0/s1. The molecule has 1 fully saturated rings. The van der Waals surface area contributed by atoms with E-state index in [1.54, 1.807) is 6.92 Å². The molecule has 0 bridgehead atoms. The smallest absolute Gasteiger partial charge is 0.246 e. The first-order chi connectivity index (χ1) is 9.91. The minimum Gasteiger partial charge on any atom is -0.493 e. The molecule has 1 aromatic carbocycles. The molecule has 1 atom stereocenters. The van der Waals surface area contributed by atoms with Crippen molar-refractivity contribution in [2.45, 2.75) is 17.9 Å². The largest absolute Gasteiger partial charge is 0.493 e. The van der Waals surface area contributed by atoms with Crippen LogP contribution in [0.3, 0.4) is 0 Å². The van der Waals surface area contributed by atoms with E-state index >= 15 is 0 Å². The van der Waals surface area contributed by atoms with Gasteiger partial charge in [-0.1, -0.05) is 0 Å². The molecule has 1 heterocycles. The third kappa shape index (κ3) is 2.97. The zero-order chi connectivity index (χ0) is 15.6. The van der Waals surface area contributed by atoms with Crippen LogP contribution < -0.4 is 9.47 Å². The fourth-order valence-electron chi connectivity index (χ4n) is 2.23. The lowest BCUT2D eigenvalue weighted by atomic mass is 10.3. The first kappa shape index (κ1) is 16.0. The van der Waals surface area contributed by atoms with E-state index in [2.05, 4.69) is 0 Å². The summed E-state index contributed by atoms with van der Waals surface area (Å²) in [4.78, 5) is -0.422. The Bertz CT molecular complexity index is 619. The van der Waals surface area contributed by atoms with Crippen molar-refractivity contribution in [2.75, 3.05) is 34.0 Å². The van der Waals surface area contributed by atoms with Crippen LogP contribution in [0.15, 0.2) is 17.0 Å². The van der Waals surface area contributed by atoms with Crippen molar-refractivity contribution in [3.8, 4) is 11.5 Å². The topological polar surface area (TPSA) is 65.1 Å². The van der Waals surface area contributed by atoms with Crippen LogP contribution in [0.5, 0.6) is 11.5 Å². The van der Waals surface area contributed by atoms with Crippen molar-refractivity contribution in [3.63, 3.8) is 0 Å². The Kier molecular flexibility index (Phi) is 4.70. The lowest BCUT2D eigenvalue weighted by Gasteiger charge is -2.32. The Hall–Kier alpha value is -1.38. The minimum absolute atomic E-state index is 0.143. The monoisotopic (exact) mass is 319 g/mol. The van der Waals surface area contributed by atoms with E-state index in [0.717, 1.165) is 12.1 Å². The van der Waals surface area contributed by atoms with Crippen LogP contribution in [0.25, 0.3) is 0 Å². The number of hydrogen-bond donors (Lipinski definition) is 0. The molecule has 1 aromatic rings. The van der Waals surface area contributed by atoms with Gasteiger partial charge in [-0.25, -0.2) is 12.8 Å². The number of morpholine rings is 1. The number of halogens is 1. The van der Waals surface area contributed by atoms with E-state index in [4.69, 9.17) is 14.2 Å². The molecule has 1 aliphatic heterocycles. The molecule has 0 unspecified atom stereocenters. The molecule has 0 amide bonds. The van der Waals surface area contributed by atoms with E-state index in [1.807, 2.05) is 0 Å². The van der Waals surface area contributed by atoms with Gasteiger partial charge in [0.2, 0.25) is 10.0 Å². The molecule has 2 rings (SSSR count). The molecule has 1 saturated heterocycles. The van der Waals surface area contributed by atoms with Crippen LogP contribution in [0, 0.1) is 5.82 Å². The SMILES string of the molecule is COc1cc(F)c(S(=O)(=O)N2CCOC[C@@H]2C)cc1OC. The Morgan fingerprint density at radius 3 is 2.48 bits per heavy atom. The Morgan fingerprint density at radius 1 is 1.29 bits per heavy atom. The van der Waals surface area contributed by atoms with Gasteiger partial charge in [-0.15, -0.1) is 0 Å². The van der Waals surface area contributed by atoms with Gasteiger partial charge in [0.15, 0.2) is 11.5 Å². The fourth-order valence-corrected chi connectivity index (χ4v) is 3.89. The van der Waals surface area contributed by atoms with Crippen LogP contribution >= 0.6 is 0 Å². The highest BCUT2D eigenvalue weighted by Crippen LogP contribution is 2.33. The molecule has 1 aliphatic rings. The van der Waals surface area contributed by atoms with Crippen LogP contribution in [0.1, 0.15) is 6.92 Å². The van der Waals surface area contributed by atoms with Crippen LogP contribution in [-0.2, 0) is 14.8 Å². The third-order valence-electron chi connectivity index (χ3n) is 3.33. The second kappa shape index (κ2) is 6.17. The number of nitrogens with zero attached hydrogens (tertiary/aromatic N) is 1. The van der Waals surface area contributed by atoms with Gasteiger partial charge in [0.1, 0.15) is 10.7 Å². The summed E-state index contributed by atoms with van der Waals surface area (Å²) < 4.78 is 55.8. The number of ether oxygens (including phenoxy) is 3. The number of rotatable bonds is 4. The first-order valence-corrected chi connectivity index (χ1v) is 7.87. The third-order valence-corrected chi connectivity index (χ3v) is 5.36. The molecule has 0 N–H and O–H groups in total. The molecule has 0 aromatic heterocycles. The molecular formula is C13H18FNO5S. The Balaban J connectivity index is 2.49. The van der Waals surface area contributed by atoms with E-state index in [-0.39, 0.29) is 30.7 Å². The van der Waals surface area contributed by atoms with Crippen molar-refractivity contribution in [3.05, 3.63) is 17.9 Å². The van der Waals surface area contributed by atoms with Crippen molar-refractivity contribution >= 4 is 10.0 Å². The van der Waals surface area contributed by atoms with Crippen molar-refractivity contribution in [1.29, 1.82) is 0 Å². The second-order valence-electron chi connectivity index (χ2n) is 4.68. The summed E-state index contributed by atoms with van der Waals surface area (Å²) in [5.41, 5.74) is 0. The van der Waals surface area contributed by atoms with Crippen molar-refractivity contribution in [1.82, 2.24) is 4.31 Å². The van der Waals surface area contributed by atoms with Gasteiger partial charge in [-0.3, -0.25) is 0 Å². The van der Waals surface area contributed by atoms with Gasteiger partial charge >= 0.3 is 0 Å². The van der Waals surface area contributed by atoms with Gasteiger partial charge < -0.3 is 14.2 Å². The summed E-state index contributed by atoms with van der Waals surface area (Å²) in [6.45, 7) is 2.49. The fraction of sp³-hybridized carbons (Fsp3) is 0.538. The average Bonchev–Trinajstić information content (AvgIpc) is 2.46. The maximum atomic E-state index is 14.2. The quantitative estimate of drug-likeness (QED) is 0.836. The van der Waals surface area contributed by atoms with Crippen molar-refractivity contribution < 1.29 is 27.0 Å². The van der Waals surface area contributed by atoms with E-state index in [0.29, 0.717) is 6.61 Å². The zero-order valence-electron chi connectivity index (χ0n) is 12.1. The maximum absolute atomic E-state index is 14.2. The van der Waals surface area contributed by atoms with Gasteiger partial charge in [0.25, 0.3) is 0 Å². The molecule has 0 spiro atoms. The minimum atomic E-state index is -3.96. The highest BCUT2D eigenvalue weighted by atomic mass is 32.2. The lowest BCUT2D eigenvalue weighted by molar-refractivity contribution is 0.0392. The number of sulfonamides is 1. The molecule has 118 valence electrons. The van der Waals surface area contributed by atoms with E-state index < -0.39 is 20.7 Å². The highest BCUT2D eigenvalue weighted by molar-refractivity contribution is 7.89. The summed E-state index contributed by atoms with van der Waals surface area (Å²) in [5.74, 6) is -0.561. The normalized spacial score (nSPS) is 20.3. The van der Waals surface area contributed by atoms with Gasteiger partial charge in [-0.05, 0) is 6.92 Å². The Labute approximate surface area is 123 Å². The predicted molar refractivity (Wildman–Crippen MR) is 73.7 cm³/mol.